The molecule has 3 atom stereocenters. The molecule has 0 amide bonds. The van der Waals surface area contributed by atoms with E-state index in [1.807, 2.05) is 19.1 Å². The Labute approximate surface area is 142 Å². The number of nitriles is 1. The summed E-state index contributed by atoms with van der Waals surface area (Å²) in [6.45, 7) is 6.49. The summed E-state index contributed by atoms with van der Waals surface area (Å²) in [7, 11) is 0. The molecule has 2 bridgehead atoms. The van der Waals surface area contributed by atoms with Gasteiger partial charge in [-0.15, -0.1) is 0 Å². The van der Waals surface area contributed by atoms with E-state index in [1.165, 1.54) is 0 Å². The van der Waals surface area contributed by atoms with Crippen LogP contribution in [0.3, 0.4) is 0 Å². The van der Waals surface area contributed by atoms with E-state index in [4.69, 9.17) is 4.74 Å². The maximum Gasteiger partial charge on any atom is 0.144 e. The first kappa shape index (κ1) is 15.6. The minimum absolute atomic E-state index is 0.0121. The highest BCUT2D eigenvalue weighted by atomic mass is 16.5. The first-order chi connectivity index (χ1) is 11.6. The molecule has 0 saturated carbocycles. The number of carbonyl (C=O) groups excluding carboxylic acids is 1. The van der Waals surface area contributed by atoms with Gasteiger partial charge in [-0.3, -0.25) is 9.69 Å². The van der Waals surface area contributed by atoms with Gasteiger partial charge in [-0.25, -0.2) is 0 Å². The van der Waals surface area contributed by atoms with Crippen molar-refractivity contribution in [3.05, 3.63) is 47.0 Å². The van der Waals surface area contributed by atoms with Crippen molar-refractivity contribution < 1.29 is 9.53 Å². The molecule has 1 fully saturated rings. The third-order valence-corrected chi connectivity index (χ3v) is 6.26. The lowest BCUT2D eigenvalue weighted by Crippen LogP contribution is -2.64. The molecule has 0 aromatic heterocycles. The second kappa shape index (κ2) is 5.27. The molecule has 1 aromatic rings. The Hall–Kier alpha value is -1.96. The van der Waals surface area contributed by atoms with Crippen LogP contribution in [-0.2, 0) is 14.9 Å². The van der Waals surface area contributed by atoms with E-state index in [0.717, 1.165) is 29.8 Å². The number of ketones is 1. The first-order valence-corrected chi connectivity index (χ1v) is 8.59. The van der Waals surface area contributed by atoms with Crippen LogP contribution in [0.5, 0.6) is 0 Å². The fraction of sp³-hybridized carbons (Fsp3) is 0.500. The van der Waals surface area contributed by atoms with Gasteiger partial charge in [0.15, 0.2) is 0 Å². The minimum Gasteiger partial charge on any atom is -0.379 e. The van der Waals surface area contributed by atoms with E-state index in [9.17, 15) is 10.1 Å². The lowest BCUT2D eigenvalue weighted by atomic mass is 9.50. The predicted octanol–water partition coefficient (Wildman–Crippen LogP) is 2.56. The molecule has 4 heteroatoms. The zero-order valence-electron chi connectivity index (χ0n) is 14.2. The molecular weight excluding hydrogens is 300 g/mol. The average molecular weight is 322 g/mol. The van der Waals surface area contributed by atoms with Crippen LogP contribution in [0.1, 0.15) is 37.3 Å². The number of allylic oxidation sites excluding steroid dienone is 1. The number of ether oxygens (including phenoxy) is 1. The highest BCUT2D eigenvalue weighted by Gasteiger charge is 2.61. The Morgan fingerprint density at radius 3 is 2.71 bits per heavy atom. The molecule has 124 valence electrons. The van der Waals surface area contributed by atoms with Crippen molar-refractivity contribution in [3.63, 3.8) is 0 Å². The molecule has 0 unspecified atom stereocenters. The van der Waals surface area contributed by atoms with Crippen LogP contribution in [0, 0.1) is 11.3 Å². The van der Waals surface area contributed by atoms with Crippen molar-refractivity contribution in [2.45, 2.75) is 37.1 Å². The highest BCUT2D eigenvalue weighted by molar-refractivity contribution is 5.94. The molecule has 4 aliphatic rings. The zero-order valence-corrected chi connectivity index (χ0v) is 14.2. The maximum absolute atomic E-state index is 12.8. The largest absolute Gasteiger partial charge is 0.379 e. The van der Waals surface area contributed by atoms with E-state index in [2.05, 4.69) is 29.2 Å². The standard InChI is InChI=1S/C20H22N2O2/c1-14-11-18-16-5-3-4-6-17(16)20(14,15(2)23)12-19(18,13-21)22-7-9-24-10-8-22/h3-6,11,18H,7-10,12H2,1-2H3/t18-,19+,20-/m0/s1. The number of nitrogens with zero attached hydrogens (tertiary/aromatic N) is 2. The van der Waals surface area contributed by atoms with Gasteiger partial charge in [0.1, 0.15) is 11.3 Å². The molecular formula is C20H22N2O2. The van der Waals surface area contributed by atoms with Gasteiger partial charge in [0.05, 0.1) is 24.7 Å². The van der Waals surface area contributed by atoms with Gasteiger partial charge in [0, 0.05) is 25.4 Å². The highest BCUT2D eigenvalue weighted by Crippen LogP contribution is 2.59. The monoisotopic (exact) mass is 322 g/mol. The van der Waals surface area contributed by atoms with E-state index in [1.54, 1.807) is 6.92 Å². The van der Waals surface area contributed by atoms with Crippen molar-refractivity contribution in [3.8, 4) is 6.07 Å². The van der Waals surface area contributed by atoms with Crippen molar-refractivity contribution in [1.29, 1.82) is 5.26 Å². The van der Waals surface area contributed by atoms with Crippen molar-refractivity contribution in [2.24, 2.45) is 0 Å². The number of rotatable bonds is 2. The molecule has 24 heavy (non-hydrogen) atoms. The molecule has 4 nitrogen and oxygen atoms in total. The van der Waals surface area contributed by atoms with Crippen LogP contribution in [0.2, 0.25) is 0 Å². The Kier molecular flexibility index (Phi) is 3.42. The van der Waals surface area contributed by atoms with Gasteiger partial charge >= 0.3 is 0 Å². The Bertz CT molecular complexity index is 772. The molecule has 0 spiro atoms. The lowest BCUT2D eigenvalue weighted by molar-refractivity contribution is -0.123. The Morgan fingerprint density at radius 2 is 2.04 bits per heavy atom. The third-order valence-electron chi connectivity index (χ3n) is 6.26. The van der Waals surface area contributed by atoms with Crippen molar-refractivity contribution in [1.82, 2.24) is 4.90 Å². The summed E-state index contributed by atoms with van der Waals surface area (Å²) in [6.07, 6.45) is 2.72. The van der Waals surface area contributed by atoms with Crippen LogP contribution in [0.4, 0.5) is 0 Å². The van der Waals surface area contributed by atoms with Crippen LogP contribution in [-0.4, -0.2) is 42.5 Å². The minimum atomic E-state index is -0.667. The number of Topliss-reactive ketones (excluding diaryl/α,β-unsaturated/α-hetero) is 1. The fourth-order valence-electron chi connectivity index (χ4n) is 5.04. The molecule has 1 heterocycles. The Balaban J connectivity index is 1.96. The molecule has 1 saturated heterocycles. The fourth-order valence-corrected chi connectivity index (χ4v) is 5.04. The van der Waals surface area contributed by atoms with Crippen LogP contribution in [0.25, 0.3) is 0 Å². The summed E-state index contributed by atoms with van der Waals surface area (Å²) in [6, 6.07) is 10.8. The SMILES string of the molecule is CC(=O)[C@]12C[C@](C#N)(N3CCOCC3)[C@@H](C=C1C)c1ccccc12. The predicted molar refractivity (Wildman–Crippen MR) is 90.7 cm³/mol. The summed E-state index contributed by atoms with van der Waals surface area (Å²) in [4.78, 5) is 15.1. The number of hydrogen-bond acceptors (Lipinski definition) is 4. The molecule has 3 aliphatic carbocycles. The average Bonchev–Trinajstić information content (AvgIpc) is 2.63. The van der Waals surface area contributed by atoms with Crippen molar-refractivity contribution in [2.75, 3.05) is 26.3 Å². The van der Waals surface area contributed by atoms with Crippen LogP contribution in [0.15, 0.2) is 35.9 Å². The second-order valence-electron chi connectivity index (χ2n) is 7.19. The first-order valence-electron chi connectivity index (χ1n) is 8.59. The number of carbonyl (C=O) groups is 1. The lowest BCUT2D eigenvalue weighted by Gasteiger charge is -2.57. The van der Waals surface area contributed by atoms with E-state index in [0.29, 0.717) is 19.6 Å². The van der Waals surface area contributed by atoms with Crippen molar-refractivity contribution >= 4 is 5.78 Å². The van der Waals surface area contributed by atoms with Gasteiger partial charge in [-0.05, 0) is 25.0 Å². The summed E-state index contributed by atoms with van der Waals surface area (Å²) in [5.74, 6) is 0.146. The second-order valence-corrected chi connectivity index (χ2v) is 7.19. The third kappa shape index (κ3) is 1.77. The molecule has 1 aliphatic heterocycles. The summed E-state index contributed by atoms with van der Waals surface area (Å²) < 4.78 is 5.49. The van der Waals surface area contributed by atoms with Crippen LogP contribution < -0.4 is 0 Å². The number of fused-ring (bicyclic) bond motifs is 1. The number of hydrogen-bond donors (Lipinski definition) is 0. The van der Waals surface area contributed by atoms with Gasteiger partial charge in [-0.2, -0.15) is 5.26 Å². The zero-order chi connectivity index (χ0) is 16.9. The van der Waals surface area contributed by atoms with Gasteiger partial charge in [0.2, 0.25) is 0 Å². The molecule has 1 aromatic carbocycles. The van der Waals surface area contributed by atoms with Gasteiger partial charge < -0.3 is 4.74 Å². The smallest absolute Gasteiger partial charge is 0.144 e. The molecule has 0 N–H and O–H groups in total. The number of morpholine rings is 1. The summed E-state index contributed by atoms with van der Waals surface area (Å²) >= 11 is 0. The topological polar surface area (TPSA) is 53.3 Å². The molecule has 0 radical (unpaired) electrons. The quantitative estimate of drug-likeness (QED) is 0.785. The van der Waals surface area contributed by atoms with E-state index in [-0.39, 0.29) is 11.7 Å². The molecule has 5 rings (SSSR count). The van der Waals surface area contributed by atoms with Gasteiger partial charge in [0.25, 0.3) is 0 Å². The van der Waals surface area contributed by atoms with Crippen LogP contribution >= 0.6 is 0 Å². The maximum atomic E-state index is 12.8. The normalized spacial score (nSPS) is 35.0. The van der Waals surface area contributed by atoms with Gasteiger partial charge in [-0.1, -0.05) is 35.9 Å². The van der Waals surface area contributed by atoms with E-state index < -0.39 is 11.0 Å². The number of benzene rings is 1. The summed E-state index contributed by atoms with van der Waals surface area (Å²) in [5, 5.41) is 10.3. The van der Waals surface area contributed by atoms with E-state index >= 15 is 0 Å². The Morgan fingerprint density at radius 1 is 1.33 bits per heavy atom. The summed E-state index contributed by atoms with van der Waals surface area (Å²) in [5.41, 5.74) is 2.00.